The van der Waals surface area contributed by atoms with Crippen LogP contribution in [0.2, 0.25) is 0 Å². The third-order valence-corrected chi connectivity index (χ3v) is 4.24. The quantitative estimate of drug-likeness (QED) is 0.648. The zero-order valence-corrected chi connectivity index (χ0v) is 16.3. The lowest BCUT2D eigenvalue weighted by Gasteiger charge is -2.26. The number of urea groups is 1. The maximum atomic E-state index is 13.1. The smallest absolute Gasteiger partial charge is 0.426 e. The molecule has 0 saturated carbocycles. The Morgan fingerprint density at radius 1 is 0.862 bits per heavy atom. The van der Waals surface area contributed by atoms with Gasteiger partial charge in [-0.1, -0.05) is 30.3 Å². The number of anilines is 2. The number of rotatable bonds is 4. The van der Waals surface area contributed by atoms with Gasteiger partial charge in [-0.15, -0.1) is 0 Å². The van der Waals surface area contributed by atoms with Gasteiger partial charge in [-0.3, -0.25) is 0 Å². The lowest BCUT2D eigenvalue weighted by molar-refractivity contribution is 0.169. The van der Waals surface area contributed by atoms with Crippen molar-refractivity contribution in [3.8, 4) is 11.5 Å². The fraction of sp³-hybridized carbons (Fsp3) is 0.143. The summed E-state index contributed by atoms with van der Waals surface area (Å²) in [5.41, 5.74) is 3.34. The molecule has 8 nitrogen and oxygen atoms in total. The van der Waals surface area contributed by atoms with E-state index in [2.05, 4.69) is 15.5 Å². The van der Waals surface area contributed by atoms with Crippen molar-refractivity contribution >= 4 is 34.3 Å². The Morgan fingerprint density at radius 2 is 1.59 bits per heavy atom. The van der Waals surface area contributed by atoms with Gasteiger partial charge in [-0.25, -0.2) is 15.0 Å². The molecule has 0 aliphatic rings. The molecular formula is C21H21N3O5. The van der Waals surface area contributed by atoms with Crippen LogP contribution in [0, 0.1) is 0 Å². The highest BCUT2D eigenvalue weighted by molar-refractivity contribution is 6.10. The van der Waals surface area contributed by atoms with Gasteiger partial charge in [-0.05, 0) is 35.7 Å². The van der Waals surface area contributed by atoms with Gasteiger partial charge >= 0.3 is 12.1 Å². The van der Waals surface area contributed by atoms with E-state index in [1.807, 2.05) is 30.3 Å². The van der Waals surface area contributed by atoms with Gasteiger partial charge in [0.15, 0.2) is 0 Å². The number of hydrogen-bond acceptors (Lipinski definition) is 5. The van der Waals surface area contributed by atoms with Crippen LogP contribution >= 0.6 is 0 Å². The number of hydrogen-bond donors (Lipinski definition) is 2. The second-order valence-electron chi connectivity index (χ2n) is 5.94. The normalized spacial score (nSPS) is 10.2. The Bertz CT molecular complexity index is 1020. The summed E-state index contributed by atoms with van der Waals surface area (Å²) in [5.74, 6) is 1.06. The molecule has 0 atom stereocenters. The third-order valence-electron chi connectivity index (χ3n) is 4.24. The second-order valence-corrected chi connectivity index (χ2v) is 5.94. The predicted octanol–water partition coefficient (Wildman–Crippen LogP) is 4.17. The van der Waals surface area contributed by atoms with E-state index >= 15 is 0 Å². The Hall–Kier alpha value is -3.94. The van der Waals surface area contributed by atoms with E-state index in [1.165, 1.54) is 14.2 Å². The molecule has 3 amide bonds. The first-order valence-electron chi connectivity index (χ1n) is 8.73. The van der Waals surface area contributed by atoms with Gasteiger partial charge in [0.05, 0.1) is 21.3 Å². The molecule has 3 aromatic carbocycles. The highest BCUT2D eigenvalue weighted by Gasteiger charge is 2.25. The van der Waals surface area contributed by atoms with Gasteiger partial charge in [0, 0.05) is 11.1 Å². The first-order chi connectivity index (χ1) is 14.1. The highest BCUT2D eigenvalue weighted by atomic mass is 16.5. The van der Waals surface area contributed by atoms with E-state index in [4.69, 9.17) is 9.47 Å². The SMILES string of the molecule is COC(=O)NN(C(=O)Nc1ccc(OC)cc1)c1c(OC)ccc2ccccc12. The van der Waals surface area contributed by atoms with Gasteiger partial charge in [-0.2, -0.15) is 5.01 Å². The van der Waals surface area contributed by atoms with Gasteiger partial charge in [0.25, 0.3) is 0 Å². The number of methoxy groups -OCH3 is 3. The van der Waals surface area contributed by atoms with Crippen LogP contribution in [0.15, 0.2) is 60.7 Å². The molecule has 0 bridgehead atoms. The van der Waals surface area contributed by atoms with Crippen LogP contribution in [0.5, 0.6) is 11.5 Å². The Labute approximate surface area is 167 Å². The summed E-state index contributed by atoms with van der Waals surface area (Å²) >= 11 is 0. The molecule has 0 aliphatic carbocycles. The number of amides is 3. The number of nitrogens with zero attached hydrogens (tertiary/aromatic N) is 1. The van der Waals surface area contributed by atoms with Gasteiger partial charge < -0.3 is 19.5 Å². The molecule has 2 N–H and O–H groups in total. The molecule has 3 rings (SSSR count). The maximum absolute atomic E-state index is 13.1. The lowest BCUT2D eigenvalue weighted by Crippen LogP contribution is -2.48. The molecule has 0 saturated heterocycles. The summed E-state index contributed by atoms with van der Waals surface area (Å²) in [6.45, 7) is 0. The number of benzene rings is 3. The topological polar surface area (TPSA) is 89.1 Å². The summed E-state index contributed by atoms with van der Waals surface area (Å²) < 4.78 is 15.3. The van der Waals surface area contributed by atoms with Crippen molar-refractivity contribution in [1.82, 2.24) is 5.43 Å². The standard InChI is InChI=1S/C21H21N3O5/c1-27-16-11-9-15(10-12-16)22-20(25)24(23-21(26)29-3)19-17-7-5-4-6-14(17)8-13-18(19)28-2/h4-13H,1-3H3,(H,22,25)(H,23,26). The molecule has 0 radical (unpaired) electrons. The van der Waals surface area contributed by atoms with Crippen molar-refractivity contribution in [2.24, 2.45) is 0 Å². The van der Waals surface area contributed by atoms with Crippen LogP contribution < -0.4 is 25.2 Å². The average Bonchev–Trinajstić information content (AvgIpc) is 2.77. The molecule has 29 heavy (non-hydrogen) atoms. The maximum Gasteiger partial charge on any atom is 0.426 e. The molecule has 3 aromatic rings. The Morgan fingerprint density at radius 3 is 2.24 bits per heavy atom. The van der Waals surface area contributed by atoms with E-state index in [0.717, 1.165) is 10.4 Å². The van der Waals surface area contributed by atoms with Crippen LogP contribution in [-0.2, 0) is 4.74 Å². The number of carbonyl (C=O) groups excluding carboxylic acids is 2. The molecule has 0 unspecified atom stereocenters. The predicted molar refractivity (Wildman–Crippen MR) is 111 cm³/mol. The summed E-state index contributed by atoms with van der Waals surface area (Å²) in [6.07, 6.45) is -0.801. The fourth-order valence-corrected chi connectivity index (χ4v) is 2.83. The summed E-state index contributed by atoms with van der Waals surface area (Å²) in [7, 11) is 4.27. The number of nitrogens with one attached hydrogen (secondary N) is 2. The van der Waals surface area contributed by atoms with E-state index in [-0.39, 0.29) is 0 Å². The minimum Gasteiger partial charge on any atom is -0.497 e. The monoisotopic (exact) mass is 395 g/mol. The fourth-order valence-electron chi connectivity index (χ4n) is 2.83. The van der Waals surface area contributed by atoms with Crippen LogP contribution in [-0.4, -0.2) is 33.5 Å². The molecule has 0 fully saturated rings. The van der Waals surface area contributed by atoms with Crippen molar-refractivity contribution in [2.75, 3.05) is 31.7 Å². The molecule has 150 valence electrons. The Kier molecular flexibility index (Phi) is 6.03. The minimum atomic E-state index is -0.801. The van der Waals surface area contributed by atoms with E-state index < -0.39 is 12.1 Å². The number of fused-ring (bicyclic) bond motifs is 1. The van der Waals surface area contributed by atoms with E-state index in [1.54, 1.807) is 37.4 Å². The summed E-state index contributed by atoms with van der Waals surface area (Å²) in [4.78, 5) is 25.0. The summed E-state index contributed by atoms with van der Waals surface area (Å²) in [5, 5.41) is 5.40. The molecule has 0 heterocycles. The Balaban J connectivity index is 2.04. The first kappa shape index (κ1) is 19.8. The number of carbonyl (C=O) groups is 2. The molecular weight excluding hydrogens is 374 g/mol. The van der Waals surface area contributed by atoms with Crippen molar-refractivity contribution < 1.29 is 23.8 Å². The summed E-state index contributed by atoms with van der Waals surface area (Å²) in [6, 6.07) is 17.3. The van der Waals surface area contributed by atoms with E-state index in [0.29, 0.717) is 28.3 Å². The van der Waals surface area contributed by atoms with Crippen molar-refractivity contribution in [3.63, 3.8) is 0 Å². The second kappa shape index (κ2) is 8.83. The number of ether oxygens (including phenoxy) is 3. The number of hydrazine groups is 1. The zero-order valence-electron chi connectivity index (χ0n) is 16.3. The first-order valence-corrected chi connectivity index (χ1v) is 8.73. The van der Waals surface area contributed by atoms with Crippen LogP contribution in [0.1, 0.15) is 0 Å². The average molecular weight is 395 g/mol. The van der Waals surface area contributed by atoms with Crippen LogP contribution in [0.4, 0.5) is 21.0 Å². The molecule has 0 aromatic heterocycles. The third kappa shape index (κ3) is 4.32. The molecule has 8 heteroatoms. The molecule has 0 aliphatic heterocycles. The minimum absolute atomic E-state index is 0.377. The van der Waals surface area contributed by atoms with Crippen LogP contribution in [0.3, 0.4) is 0 Å². The van der Waals surface area contributed by atoms with E-state index in [9.17, 15) is 9.59 Å². The lowest BCUT2D eigenvalue weighted by atomic mass is 10.1. The van der Waals surface area contributed by atoms with Crippen LogP contribution in [0.25, 0.3) is 10.8 Å². The van der Waals surface area contributed by atoms with Crippen molar-refractivity contribution in [3.05, 3.63) is 60.7 Å². The van der Waals surface area contributed by atoms with Crippen molar-refractivity contribution in [2.45, 2.75) is 0 Å². The highest BCUT2D eigenvalue weighted by Crippen LogP contribution is 2.36. The zero-order chi connectivity index (χ0) is 20.8. The van der Waals surface area contributed by atoms with Crippen molar-refractivity contribution in [1.29, 1.82) is 0 Å². The van der Waals surface area contributed by atoms with Gasteiger partial charge in [0.1, 0.15) is 17.2 Å². The van der Waals surface area contributed by atoms with Gasteiger partial charge in [0.2, 0.25) is 0 Å². The largest absolute Gasteiger partial charge is 0.497 e. The molecule has 0 spiro atoms.